The Morgan fingerprint density at radius 3 is 2.45 bits per heavy atom. The Morgan fingerprint density at radius 1 is 0.848 bits per heavy atom. The van der Waals surface area contributed by atoms with Gasteiger partial charge in [-0.25, -0.2) is 0 Å². The number of furan rings is 1. The minimum Gasteiger partial charge on any atom is -0.455 e. The number of hydrogen-bond acceptors (Lipinski definition) is 5. The van der Waals surface area contributed by atoms with E-state index in [0.717, 1.165) is 60.4 Å². The Labute approximate surface area is 193 Å². The van der Waals surface area contributed by atoms with Crippen molar-refractivity contribution in [3.63, 3.8) is 0 Å². The van der Waals surface area contributed by atoms with Gasteiger partial charge < -0.3 is 4.42 Å². The molecule has 0 atom stereocenters. The van der Waals surface area contributed by atoms with E-state index in [0.29, 0.717) is 0 Å². The van der Waals surface area contributed by atoms with Crippen LogP contribution in [0.5, 0.6) is 0 Å². The largest absolute Gasteiger partial charge is 0.455 e. The van der Waals surface area contributed by atoms with E-state index in [9.17, 15) is 0 Å². The van der Waals surface area contributed by atoms with Gasteiger partial charge in [-0.05, 0) is 79.3 Å². The molecule has 4 aromatic rings. The van der Waals surface area contributed by atoms with E-state index < -0.39 is 0 Å². The fraction of sp³-hybridized carbons (Fsp3) is 0.214. The molecule has 0 bridgehead atoms. The van der Waals surface area contributed by atoms with Crippen molar-refractivity contribution in [2.24, 2.45) is 10.2 Å². The Bertz CT molecular complexity index is 1380. The molecular formula is C28H26N4O. The summed E-state index contributed by atoms with van der Waals surface area (Å²) in [7, 11) is 0. The summed E-state index contributed by atoms with van der Waals surface area (Å²) in [5.41, 5.74) is 7.91. The smallest absolute Gasteiger partial charge is 0.151 e. The molecule has 33 heavy (non-hydrogen) atoms. The Balaban J connectivity index is 1.24. The van der Waals surface area contributed by atoms with Crippen LogP contribution in [0.4, 0.5) is 11.4 Å². The van der Waals surface area contributed by atoms with Crippen LogP contribution in [-0.4, -0.2) is 25.0 Å². The third-order valence-electron chi connectivity index (χ3n) is 6.46. The maximum atomic E-state index is 6.13. The Morgan fingerprint density at radius 2 is 1.61 bits per heavy atom. The number of benzene rings is 3. The van der Waals surface area contributed by atoms with Crippen LogP contribution >= 0.6 is 0 Å². The van der Waals surface area contributed by atoms with E-state index in [2.05, 4.69) is 76.7 Å². The maximum absolute atomic E-state index is 6.13. The highest BCUT2D eigenvalue weighted by atomic mass is 16.3. The normalized spacial score (nSPS) is 16.0. The molecule has 0 aliphatic carbocycles. The highest BCUT2D eigenvalue weighted by Crippen LogP contribution is 2.29. The third kappa shape index (κ3) is 3.80. The molecule has 0 N–H and O–H groups in total. The average molecular weight is 435 g/mol. The first-order valence-electron chi connectivity index (χ1n) is 11.6. The highest BCUT2D eigenvalue weighted by molar-refractivity contribution is 6.01. The molecular weight excluding hydrogens is 408 g/mol. The van der Waals surface area contributed by atoms with Gasteiger partial charge in [0.15, 0.2) is 5.76 Å². The molecule has 3 aromatic carbocycles. The number of hydrazone groups is 2. The number of rotatable bonds is 4. The number of fused-ring (bicyclic) bond motifs is 3. The minimum atomic E-state index is 0.801. The fourth-order valence-electron chi connectivity index (χ4n) is 4.75. The van der Waals surface area contributed by atoms with E-state index in [1.54, 1.807) is 0 Å². The van der Waals surface area contributed by atoms with E-state index in [1.165, 1.54) is 22.5 Å². The second kappa shape index (κ2) is 8.24. The first-order valence-corrected chi connectivity index (χ1v) is 11.6. The van der Waals surface area contributed by atoms with Crippen LogP contribution in [0.2, 0.25) is 0 Å². The SMILES string of the molecule is C/C(=N\N1CCCc2ccccc21)c1cc2cc(/C=N/N3CCc4ccccc43)ccc2o1. The fourth-order valence-corrected chi connectivity index (χ4v) is 4.75. The van der Waals surface area contributed by atoms with Crippen molar-refractivity contribution in [2.45, 2.75) is 26.2 Å². The molecule has 0 spiro atoms. The molecule has 164 valence electrons. The summed E-state index contributed by atoms with van der Waals surface area (Å²) in [5, 5.41) is 14.9. The summed E-state index contributed by atoms with van der Waals surface area (Å²) >= 11 is 0. The third-order valence-corrected chi connectivity index (χ3v) is 6.46. The van der Waals surface area contributed by atoms with Gasteiger partial charge in [-0.15, -0.1) is 0 Å². The second-order valence-corrected chi connectivity index (χ2v) is 8.70. The lowest BCUT2D eigenvalue weighted by atomic mass is 10.0. The zero-order valence-electron chi connectivity index (χ0n) is 18.7. The van der Waals surface area contributed by atoms with Crippen molar-refractivity contribution in [1.82, 2.24) is 0 Å². The van der Waals surface area contributed by atoms with E-state index in [4.69, 9.17) is 14.6 Å². The minimum absolute atomic E-state index is 0.801. The summed E-state index contributed by atoms with van der Waals surface area (Å²) in [4.78, 5) is 0. The zero-order chi connectivity index (χ0) is 22.2. The molecule has 6 rings (SSSR count). The van der Waals surface area contributed by atoms with Gasteiger partial charge in [-0.2, -0.15) is 10.2 Å². The van der Waals surface area contributed by atoms with Crippen LogP contribution in [0.1, 0.15) is 35.8 Å². The molecule has 1 aromatic heterocycles. The van der Waals surface area contributed by atoms with Gasteiger partial charge in [0.1, 0.15) is 11.3 Å². The standard InChI is InChI=1S/C28H26N4O/c1-20(30-32-15-6-9-22-7-2-5-11-26(22)32)28-18-24-17-21(12-13-27(24)33-28)19-29-31-16-14-23-8-3-4-10-25(23)31/h2-5,7-8,10-13,17-19H,6,9,14-16H2,1H3/b29-19+,30-20+. The maximum Gasteiger partial charge on any atom is 0.151 e. The number of anilines is 2. The van der Waals surface area contributed by atoms with Gasteiger partial charge in [-0.1, -0.05) is 36.4 Å². The topological polar surface area (TPSA) is 44.3 Å². The summed E-state index contributed by atoms with van der Waals surface area (Å²) in [6.45, 7) is 3.86. The first-order chi connectivity index (χ1) is 16.2. The number of nitrogens with zero attached hydrogens (tertiary/aromatic N) is 4. The quantitative estimate of drug-likeness (QED) is 0.370. The monoisotopic (exact) mass is 434 g/mol. The molecule has 0 radical (unpaired) electrons. The van der Waals surface area contributed by atoms with E-state index >= 15 is 0 Å². The van der Waals surface area contributed by atoms with Gasteiger partial charge in [0.25, 0.3) is 0 Å². The van der Waals surface area contributed by atoms with E-state index in [-0.39, 0.29) is 0 Å². The lowest BCUT2D eigenvalue weighted by molar-refractivity contribution is 0.602. The Kier molecular flexibility index (Phi) is 4.95. The number of para-hydroxylation sites is 2. The molecule has 3 heterocycles. The molecule has 2 aliphatic rings. The van der Waals surface area contributed by atoms with Crippen LogP contribution in [0.3, 0.4) is 0 Å². The van der Waals surface area contributed by atoms with Crippen LogP contribution < -0.4 is 10.0 Å². The van der Waals surface area contributed by atoms with Crippen LogP contribution in [0, 0.1) is 0 Å². The van der Waals surface area contributed by atoms with Crippen molar-refractivity contribution in [2.75, 3.05) is 23.1 Å². The lowest BCUT2D eigenvalue weighted by Gasteiger charge is -2.27. The lowest BCUT2D eigenvalue weighted by Crippen LogP contribution is -2.25. The van der Waals surface area contributed by atoms with Gasteiger partial charge in [-0.3, -0.25) is 10.0 Å². The van der Waals surface area contributed by atoms with Crippen molar-refractivity contribution in [3.8, 4) is 0 Å². The van der Waals surface area contributed by atoms with Gasteiger partial charge >= 0.3 is 0 Å². The van der Waals surface area contributed by atoms with Crippen LogP contribution in [0.25, 0.3) is 11.0 Å². The van der Waals surface area contributed by atoms with Crippen LogP contribution in [0.15, 0.2) is 87.4 Å². The predicted octanol–water partition coefficient (Wildman–Crippen LogP) is 6.01. The van der Waals surface area contributed by atoms with Crippen molar-refractivity contribution in [1.29, 1.82) is 0 Å². The van der Waals surface area contributed by atoms with E-state index in [1.807, 2.05) is 19.2 Å². The summed E-state index contributed by atoms with van der Waals surface area (Å²) in [5.74, 6) is 0.801. The molecule has 0 saturated heterocycles. The summed E-state index contributed by atoms with van der Waals surface area (Å²) < 4.78 is 6.13. The predicted molar refractivity (Wildman–Crippen MR) is 136 cm³/mol. The van der Waals surface area contributed by atoms with Gasteiger partial charge in [0.2, 0.25) is 0 Å². The van der Waals surface area contributed by atoms with Gasteiger partial charge in [0.05, 0.1) is 17.6 Å². The molecule has 0 saturated carbocycles. The molecule has 0 unspecified atom stereocenters. The molecule has 0 amide bonds. The second-order valence-electron chi connectivity index (χ2n) is 8.70. The molecule has 0 fully saturated rings. The van der Waals surface area contributed by atoms with Crippen molar-refractivity contribution < 1.29 is 4.42 Å². The first kappa shape index (κ1) is 19.8. The summed E-state index contributed by atoms with van der Waals surface area (Å²) in [6, 6.07) is 25.2. The molecule has 5 nitrogen and oxygen atoms in total. The van der Waals surface area contributed by atoms with Gasteiger partial charge in [0, 0.05) is 18.5 Å². The van der Waals surface area contributed by atoms with Crippen LogP contribution in [-0.2, 0) is 12.8 Å². The summed E-state index contributed by atoms with van der Waals surface area (Å²) in [6.07, 6.45) is 5.19. The number of hydrogen-bond donors (Lipinski definition) is 0. The average Bonchev–Trinajstić information content (AvgIpc) is 3.47. The number of aryl methyl sites for hydroxylation is 1. The molecule has 2 aliphatic heterocycles. The van der Waals surface area contributed by atoms with Crippen molar-refractivity contribution >= 4 is 34.3 Å². The zero-order valence-corrected chi connectivity index (χ0v) is 18.7. The highest BCUT2D eigenvalue weighted by Gasteiger charge is 2.18. The molecule has 5 heteroatoms. The van der Waals surface area contributed by atoms with Crippen molar-refractivity contribution in [3.05, 3.63) is 95.2 Å². The Hall–Kier alpha value is -3.86.